The van der Waals surface area contributed by atoms with Crippen LogP contribution in [0.3, 0.4) is 0 Å². The Morgan fingerprint density at radius 3 is 2.40 bits per heavy atom. The molecule has 182 valence electrons. The number of nitrogens with two attached hydrogens (primary N) is 1. The van der Waals surface area contributed by atoms with E-state index < -0.39 is 34.4 Å². The summed E-state index contributed by atoms with van der Waals surface area (Å²) in [5.74, 6) is -0.314. The van der Waals surface area contributed by atoms with E-state index in [-0.39, 0.29) is 20.7 Å². The molecule has 2 heterocycles. The monoisotopic (exact) mass is 498 g/mol. The minimum Gasteiger partial charge on any atom is -0.457 e. The van der Waals surface area contributed by atoms with Crippen LogP contribution in [0.5, 0.6) is 0 Å². The Labute approximate surface area is 202 Å². The summed E-state index contributed by atoms with van der Waals surface area (Å²) >= 11 is 0.984. The van der Waals surface area contributed by atoms with Gasteiger partial charge in [0.25, 0.3) is 11.2 Å². The quantitative estimate of drug-likeness (QED) is 0.383. The molecule has 35 heavy (non-hydrogen) atoms. The van der Waals surface area contributed by atoms with E-state index in [0.29, 0.717) is 17.1 Å². The van der Waals surface area contributed by atoms with Crippen LogP contribution in [0.25, 0.3) is 23.5 Å². The van der Waals surface area contributed by atoms with E-state index in [4.69, 9.17) is 10.2 Å². The Bertz CT molecular complexity index is 1490. The third-order valence-corrected chi connectivity index (χ3v) is 5.82. The zero-order chi connectivity index (χ0) is 25.9. The number of non-ortho nitro benzene ring substituents is 1. The van der Waals surface area contributed by atoms with Crippen molar-refractivity contribution in [2.75, 3.05) is 0 Å². The van der Waals surface area contributed by atoms with Gasteiger partial charge in [0.1, 0.15) is 22.7 Å². The normalized spacial score (nSPS) is 12.5. The lowest BCUT2D eigenvalue weighted by molar-refractivity contribution is -0.384. The summed E-state index contributed by atoms with van der Waals surface area (Å²) in [7, 11) is 0. The molecule has 0 saturated heterocycles. The number of nitrogens with one attached hydrogen (secondary N) is 1. The minimum atomic E-state index is -1.06. The lowest BCUT2D eigenvalue weighted by atomic mass is 9.91. The third kappa shape index (κ3) is 6.18. The average molecular weight is 499 g/mol. The predicted octanol–water partition coefficient (Wildman–Crippen LogP) is 1.50. The van der Waals surface area contributed by atoms with Crippen molar-refractivity contribution in [2.24, 2.45) is 11.1 Å². The van der Waals surface area contributed by atoms with Gasteiger partial charge in [0.05, 0.1) is 9.46 Å². The number of Topliss-reactive ketones (excluding diaryl/α,β-unsaturated/α-hetero) is 1. The summed E-state index contributed by atoms with van der Waals surface area (Å²) in [5.41, 5.74) is 4.24. The molecule has 1 aromatic carbocycles. The summed E-state index contributed by atoms with van der Waals surface area (Å²) in [6.07, 6.45) is 2.74. The van der Waals surface area contributed by atoms with Crippen LogP contribution in [-0.4, -0.2) is 27.2 Å². The first-order chi connectivity index (χ1) is 16.3. The van der Waals surface area contributed by atoms with Gasteiger partial charge in [-0.1, -0.05) is 20.8 Å². The summed E-state index contributed by atoms with van der Waals surface area (Å²) in [6, 6.07) is 7.99. The second kappa shape index (κ2) is 9.89. The van der Waals surface area contributed by atoms with Crippen LogP contribution < -0.4 is 25.8 Å². The van der Waals surface area contributed by atoms with Gasteiger partial charge in [0, 0.05) is 35.3 Å². The molecule has 0 spiro atoms. The first-order valence-electron chi connectivity index (χ1n) is 10.3. The Kier molecular flexibility index (Phi) is 7.15. The molecule has 12 heteroatoms. The fraction of sp³-hybridized carbons (Fsp3) is 0.217. The number of amides is 3. The van der Waals surface area contributed by atoms with Crippen molar-refractivity contribution < 1.29 is 23.7 Å². The van der Waals surface area contributed by atoms with Gasteiger partial charge in [-0.25, -0.2) is 4.79 Å². The van der Waals surface area contributed by atoms with E-state index in [0.717, 1.165) is 15.9 Å². The molecule has 3 rings (SSSR count). The number of nitro benzene ring substituents is 1. The number of hydrogen-bond acceptors (Lipinski definition) is 8. The van der Waals surface area contributed by atoms with E-state index in [1.54, 1.807) is 45.0 Å². The largest absolute Gasteiger partial charge is 0.457 e. The van der Waals surface area contributed by atoms with Gasteiger partial charge >= 0.3 is 6.03 Å². The number of imide groups is 1. The fourth-order valence-electron chi connectivity index (χ4n) is 2.90. The Morgan fingerprint density at radius 1 is 1.17 bits per heavy atom. The van der Waals surface area contributed by atoms with Crippen molar-refractivity contribution in [3.63, 3.8) is 0 Å². The molecule has 0 fully saturated rings. The lowest BCUT2D eigenvalue weighted by Crippen LogP contribution is -2.42. The van der Waals surface area contributed by atoms with Crippen LogP contribution in [0.4, 0.5) is 10.5 Å². The summed E-state index contributed by atoms with van der Waals surface area (Å²) in [4.78, 5) is 59.0. The van der Waals surface area contributed by atoms with Crippen LogP contribution in [0.2, 0.25) is 0 Å². The average Bonchev–Trinajstić information content (AvgIpc) is 3.33. The fourth-order valence-corrected chi connectivity index (χ4v) is 3.93. The van der Waals surface area contributed by atoms with Gasteiger partial charge in [-0.3, -0.25) is 34.4 Å². The smallest absolute Gasteiger partial charge is 0.318 e. The van der Waals surface area contributed by atoms with Crippen LogP contribution in [0, 0.1) is 15.5 Å². The molecule has 0 aliphatic rings. The number of furan rings is 1. The van der Waals surface area contributed by atoms with E-state index in [1.165, 1.54) is 24.3 Å². The van der Waals surface area contributed by atoms with Crippen molar-refractivity contribution in [3.8, 4) is 11.3 Å². The molecule has 3 aromatic rings. The third-order valence-electron chi connectivity index (χ3n) is 4.76. The standard InChI is InChI=1S/C23H22N4O7S/c1-23(2,3)18(28)11-20-26(12-19(29)25-22(24)31)21(30)17(35-20)10-15-8-9-16(34-15)13-4-6-14(7-5-13)27(32)33/h4-11H,12H2,1-3H3,(H3,24,25,29,31)/b17-10?,20-11-. The number of hydrogen-bond donors (Lipinski definition) is 2. The summed E-state index contributed by atoms with van der Waals surface area (Å²) < 4.78 is 7.26. The van der Waals surface area contributed by atoms with Crippen LogP contribution >= 0.6 is 11.3 Å². The van der Waals surface area contributed by atoms with Gasteiger partial charge < -0.3 is 10.2 Å². The van der Waals surface area contributed by atoms with Gasteiger partial charge in [0.2, 0.25) is 5.91 Å². The predicted molar refractivity (Wildman–Crippen MR) is 129 cm³/mol. The van der Waals surface area contributed by atoms with Gasteiger partial charge in [-0.05, 0) is 24.3 Å². The highest BCUT2D eigenvalue weighted by Gasteiger charge is 2.20. The van der Waals surface area contributed by atoms with E-state index in [1.807, 2.05) is 5.32 Å². The zero-order valence-corrected chi connectivity index (χ0v) is 19.9. The van der Waals surface area contributed by atoms with Gasteiger partial charge in [-0.2, -0.15) is 0 Å². The van der Waals surface area contributed by atoms with Crippen LogP contribution in [-0.2, 0) is 16.1 Å². The maximum atomic E-state index is 13.0. The van der Waals surface area contributed by atoms with Crippen LogP contribution in [0.1, 0.15) is 26.5 Å². The number of carbonyl (C=O) groups is 3. The number of thiazole rings is 1. The molecular formula is C23H22N4O7S. The van der Waals surface area contributed by atoms with Gasteiger partial charge in [0.15, 0.2) is 5.78 Å². The number of benzene rings is 1. The second-order valence-electron chi connectivity index (χ2n) is 8.52. The number of carbonyl (C=O) groups excluding carboxylic acids is 3. The molecule has 11 nitrogen and oxygen atoms in total. The van der Waals surface area contributed by atoms with Gasteiger partial charge in [-0.15, -0.1) is 11.3 Å². The number of nitrogens with zero attached hydrogens (tertiary/aromatic N) is 2. The minimum absolute atomic E-state index is 0.0554. The first kappa shape index (κ1) is 25.3. The van der Waals surface area contributed by atoms with Crippen molar-refractivity contribution in [3.05, 3.63) is 71.8 Å². The molecule has 0 aliphatic heterocycles. The van der Waals surface area contributed by atoms with Crippen LogP contribution in [0.15, 0.2) is 45.6 Å². The number of aromatic nitrogens is 1. The Balaban J connectivity index is 2.05. The number of urea groups is 1. The molecule has 0 saturated carbocycles. The maximum absolute atomic E-state index is 13.0. The highest BCUT2D eigenvalue weighted by molar-refractivity contribution is 7.07. The first-order valence-corrected chi connectivity index (χ1v) is 11.1. The molecule has 3 amide bonds. The summed E-state index contributed by atoms with van der Waals surface area (Å²) in [5, 5.41) is 12.7. The number of primary amides is 1. The molecule has 2 aromatic heterocycles. The second-order valence-corrected chi connectivity index (χ2v) is 9.58. The Morgan fingerprint density at radius 2 is 1.83 bits per heavy atom. The topological polar surface area (TPSA) is 168 Å². The summed E-state index contributed by atoms with van der Waals surface area (Å²) in [6.45, 7) is 4.65. The zero-order valence-electron chi connectivity index (χ0n) is 19.1. The SMILES string of the molecule is CC(C)(C)C(=O)/C=c1\sc(=Cc2ccc(-c3ccc([N+](=O)[O-])cc3)o2)c(=O)n1CC(=O)NC(N)=O. The molecule has 0 unspecified atom stereocenters. The van der Waals surface area contributed by atoms with Crippen molar-refractivity contribution in [1.29, 1.82) is 0 Å². The number of nitro groups is 1. The molecule has 0 aliphatic carbocycles. The molecule has 0 bridgehead atoms. The molecular weight excluding hydrogens is 476 g/mol. The molecule has 0 atom stereocenters. The number of rotatable bonds is 6. The lowest BCUT2D eigenvalue weighted by Gasteiger charge is -2.12. The highest BCUT2D eigenvalue weighted by Crippen LogP contribution is 2.24. The maximum Gasteiger partial charge on any atom is 0.318 e. The molecule has 0 radical (unpaired) electrons. The van der Waals surface area contributed by atoms with Crippen molar-refractivity contribution in [2.45, 2.75) is 27.3 Å². The van der Waals surface area contributed by atoms with Crippen molar-refractivity contribution >= 4 is 46.9 Å². The number of ketones is 1. The van der Waals surface area contributed by atoms with E-state index >= 15 is 0 Å². The highest BCUT2D eigenvalue weighted by atomic mass is 32.1. The van der Waals surface area contributed by atoms with Crippen molar-refractivity contribution in [1.82, 2.24) is 9.88 Å². The van der Waals surface area contributed by atoms with E-state index in [9.17, 15) is 29.3 Å². The molecule has 3 N–H and O–H groups in total. The Hall–Kier alpha value is -4.32. The van der Waals surface area contributed by atoms with E-state index in [2.05, 4.69) is 0 Å².